The number of benzene rings is 2. The number of aromatic hydroxyl groups is 1. The Labute approximate surface area is 188 Å². The third-order valence-corrected chi connectivity index (χ3v) is 5.83. The number of carbonyl (C=O) groups excluding carboxylic acids is 1. The largest absolute Gasteiger partial charge is 0.507 e. The van der Waals surface area contributed by atoms with Crippen molar-refractivity contribution in [3.8, 4) is 22.8 Å². The van der Waals surface area contributed by atoms with E-state index in [4.69, 9.17) is 4.74 Å². The summed E-state index contributed by atoms with van der Waals surface area (Å²) in [7, 11) is 0. The van der Waals surface area contributed by atoms with Crippen LogP contribution in [-0.2, 0) is 0 Å². The summed E-state index contributed by atoms with van der Waals surface area (Å²) in [6, 6.07) is 11.2. The minimum Gasteiger partial charge on any atom is -0.507 e. The summed E-state index contributed by atoms with van der Waals surface area (Å²) in [5.74, 6) is 0.793. The number of fused-ring (bicyclic) bond motifs is 1. The standard InChI is InChI=1S/C26H29N3O3/c1-5-7-12-32-19-10-8-9-18(15-19)25-22-23(21-17(4)13-16(3)14-20(21)30)27-28-24(22)26(31)29(25)11-6-2/h6,8-10,13-15,25,30H,2,5,7,11-12H2,1,3-4H3,(H,27,28). The number of nitrogens with zero attached hydrogens (tertiary/aromatic N) is 2. The van der Waals surface area contributed by atoms with Gasteiger partial charge in [0.1, 0.15) is 22.9 Å². The van der Waals surface area contributed by atoms with Gasteiger partial charge in [-0.25, -0.2) is 0 Å². The van der Waals surface area contributed by atoms with E-state index in [2.05, 4.69) is 23.7 Å². The number of rotatable bonds is 8. The number of unbranched alkanes of at least 4 members (excludes halogenated alkanes) is 1. The molecule has 0 aliphatic carbocycles. The van der Waals surface area contributed by atoms with Crippen LogP contribution in [0.25, 0.3) is 11.3 Å². The minimum absolute atomic E-state index is 0.134. The Hall–Kier alpha value is -3.54. The Bertz CT molecular complexity index is 1140. The van der Waals surface area contributed by atoms with Crippen LogP contribution in [0.5, 0.6) is 11.5 Å². The Morgan fingerprint density at radius 1 is 1.28 bits per heavy atom. The van der Waals surface area contributed by atoms with Crippen LogP contribution >= 0.6 is 0 Å². The summed E-state index contributed by atoms with van der Waals surface area (Å²) in [6.45, 7) is 10.9. The van der Waals surface area contributed by atoms with Crippen LogP contribution in [-0.4, -0.2) is 39.3 Å². The van der Waals surface area contributed by atoms with E-state index in [1.807, 2.05) is 44.2 Å². The van der Waals surface area contributed by atoms with Gasteiger partial charge in [0.05, 0.1) is 12.6 Å². The maximum Gasteiger partial charge on any atom is 0.273 e. The first-order valence-corrected chi connectivity index (χ1v) is 11.0. The van der Waals surface area contributed by atoms with E-state index < -0.39 is 0 Å². The highest BCUT2D eigenvalue weighted by Crippen LogP contribution is 2.45. The number of ether oxygens (including phenoxy) is 1. The monoisotopic (exact) mass is 431 g/mol. The first-order chi connectivity index (χ1) is 15.5. The molecule has 1 amide bonds. The molecule has 0 saturated carbocycles. The second-order valence-corrected chi connectivity index (χ2v) is 8.26. The van der Waals surface area contributed by atoms with Gasteiger partial charge in [-0.05, 0) is 55.2 Å². The van der Waals surface area contributed by atoms with Gasteiger partial charge >= 0.3 is 0 Å². The molecule has 3 aromatic rings. The summed E-state index contributed by atoms with van der Waals surface area (Å²) in [5, 5.41) is 18.1. The second kappa shape index (κ2) is 8.91. The summed E-state index contributed by atoms with van der Waals surface area (Å²) in [6.07, 6.45) is 3.77. The van der Waals surface area contributed by atoms with Crippen molar-refractivity contribution in [2.75, 3.05) is 13.2 Å². The van der Waals surface area contributed by atoms with Gasteiger partial charge in [0.2, 0.25) is 0 Å². The molecule has 1 aliphatic heterocycles. The number of hydrogen-bond donors (Lipinski definition) is 2. The summed E-state index contributed by atoms with van der Waals surface area (Å²) >= 11 is 0. The smallest absolute Gasteiger partial charge is 0.273 e. The molecule has 0 spiro atoms. The molecule has 2 heterocycles. The van der Waals surface area contributed by atoms with Crippen LogP contribution in [0.4, 0.5) is 0 Å². The Balaban J connectivity index is 1.85. The first kappa shape index (κ1) is 21.7. The van der Waals surface area contributed by atoms with E-state index in [0.29, 0.717) is 30.1 Å². The van der Waals surface area contributed by atoms with E-state index in [0.717, 1.165) is 40.8 Å². The van der Waals surface area contributed by atoms with Crippen LogP contribution < -0.4 is 4.74 Å². The van der Waals surface area contributed by atoms with Crippen molar-refractivity contribution in [1.29, 1.82) is 0 Å². The zero-order valence-corrected chi connectivity index (χ0v) is 18.8. The number of phenols is 1. The SMILES string of the molecule is C=CCN1C(=O)c2[nH]nc(-c3c(C)cc(C)cc3O)c2C1c1cccc(OCCCC)c1. The molecule has 4 rings (SSSR count). The first-order valence-electron chi connectivity index (χ1n) is 11.0. The highest BCUT2D eigenvalue weighted by molar-refractivity contribution is 6.00. The zero-order valence-electron chi connectivity index (χ0n) is 18.8. The van der Waals surface area contributed by atoms with Crippen molar-refractivity contribution in [1.82, 2.24) is 15.1 Å². The molecular weight excluding hydrogens is 402 g/mol. The fourth-order valence-corrected chi connectivity index (χ4v) is 4.42. The Morgan fingerprint density at radius 3 is 2.81 bits per heavy atom. The van der Waals surface area contributed by atoms with Gasteiger partial charge in [0.25, 0.3) is 5.91 Å². The molecule has 166 valence electrons. The van der Waals surface area contributed by atoms with Gasteiger partial charge in [-0.15, -0.1) is 6.58 Å². The lowest BCUT2D eigenvalue weighted by molar-refractivity contribution is 0.0764. The van der Waals surface area contributed by atoms with Crippen molar-refractivity contribution < 1.29 is 14.6 Å². The lowest BCUT2D eigenvalue weighted by Gasteiger charge is -2.25. The van der Waals surface area contributed by atoms with Gasteiger partial charge in [-0.1, -0.05) is 37.6 Å². The molecular formula is C26H29N3O3. The maximum absolute atomic E-state index is 13.2. The number of carbonyl (C=O) groups is 1. The molecule has 0 radical (unpaired) electrons. The Morgan fingerprint density at radius 2 is 2.09 bits per heavy atom. The predicted molar refractivity (Wildman–Crippen MR) is 125 cm³/mol. The van der Waals surface area contributed by atoms with Crippen molar-refractivity contribution in [3.63, 3.8) is 0 Å². The minimum atomic E-state index is -0.362. The van der Waals surface area contributed by atoms with Gasteiger partial charge in [-0.2, -0.15) is 5.10 Å². The molecule has 1 unspecified atom stereocenters. The van der Waals surface area contributed by atoms with Crippen molar-refractivity contribution >= 4 is 5.91 Å². The quantitative estimate of drug-likeness (QED) is 0.374. The third-order valence-electron chi connectivity index (χ3n) is 5.83. The van der Waals surface area contributed by atoms with E-state index in [1.165, 1.54) is 0 Å². The number of aryl methyl sites for hydroxylation is 2. The number of nitrogens with one attached hydrogen (secondary N) is 1. The van der Waals surface area contributed by atoms with E-state index in [1.54, 1.807) is 17.0 Å². The topological polar surface area (TPSA) is 78.5 Å². The maximum atomic E-state index is 13.2. The highest BCUT2D eigenvalue weighted by atomic mass is 16.5. The number of phenolic OH excluding ortho intramolecular Hbond substituents is 1. The molecule has 1 aromatic heterocycles. The third kappa shape index (κ3) is 3.77. The summed E-state index contributed by atoms with van der Waals surface area (Å²) in [4.78, 5) is 15.0. The number of hydrogen-bond acceptors (Lipinski definition) is 4. The molecule has 0 saturated heterocycles. The average molecular weight is 432 g/mol. The zero-order chi connectivity index (χ0) is 22.8. The lowest BCUT2D eigenvalue weighted by atomic mass is 9.93. The molecule has 2 N–H and O–H groups in total. The van der Waals surface area contributed by atoms with E-state index >= 15 is 0 Å². The molecule has 0 fully saturated rings. The number of H-pyrrole nitrogens is 1. The highest BCUT2D eigenvalue weighted by Gasteiger charge is 2.42. The number of aromatic nitrogens is 2. The van der Waals surface area contributed by atoms with E-state index in [9.17, 15) is 9.90 Å². The van der Waals surface area contributed by atoms with Crippen LogP contribution in [0.1, 0.15) is 58.5 Å². The van der Waals surface area contributed by atoms with Gasteiger partial charge in [-0.3, -0.25) is 9.89 Å². The summed E-state index contributed by atoms with van der Waals surface area (Å²) < 4.78 is 5.92. The molecule has 2 aromatic carbocycles. The molecule has 32 heavy (non-hydrogen) atoms. The van der Waals surface area contributed by atoms with Crippen LogP contribution in [0.15, 0.2) is 49.1 Å². The lowest BCUT2D eigenvalue weighted by Crippen LogP contribution is -2.29. The van der Waals surface area contributed by atoms with Crippen molar-refractivity contribution in [2.45, 2.75) is 39.7 Å². The van der Waals surface area contributed by atoms with Crippen molar-refractivity contribution in [3.05, 3.63) is 77.0 Å². The second-order valence-electron chi connectivity index (χ2n) is 8.26. The normalized spacial score (nSPS) is 15.2. The summed E-state index contributed by atoms with van der Waals surface area (Å²) in [5.41, 5.74) is 5.25. The van der Waals surface area contributed by atoms with Crippen LogP contribution in [0.2, 0.25) is 0 Å². The molecule has 0 bridgehead atoms. The predicted octanol–water partition coefficient (Wildman–Crippen LogP) is 5.31. The van der Waals surface area contributed by atoms with Gasteiger partial charge in [0, 0.05) is 17.7 Å². The molecule has 6 nitrogen and oxygen atoms in total. The average Bonchev–Trinajstić information content (AvgIpc) is 3.28. The molecule has 6 heteroatoms. The van der Waals surface area contributed by atoms with Crippen LogP contribution in [0.3, 0.4) is 0 Å². The number of amides is 1. The number of aromatic amines is 1. The fourth-order valence-electron chi connectivity index (χ4n) is 4.42. The Kier molecular flexibility index (Phi) is 6.04. The van der Waals surface area contributed by atoms with Gasteiger partial charge in [0.15, 0.2) is 0 Å². The van der Waals surface area contributed by atoms with Gasteiger partial charge < -0.3 is 14.7 Å². The molecule has 1 aliphatic rings. The van der Waals surface area contributed by atoms with Crippen LogP contribution in [0, 0.1) is 13.8 Å². The fraction of sp³-hybridized carbons (Fsp3) is 0.308. The molecule has 1 atom stereocenters. The van der Waals surface area contributed by atoms with Crippen molar-refractivity contribution in [2.24, 2.45) is 0 Å². The van der Waals surface area contributed by atoms with E-state index in [-0.39, 0.29) is 17.7 Å².